The highest BCUT2D eigenvalue weighted by Crippen LogP contribution is 2.17. The minimum Gasteiger partial charge on any atom is -0.319 e. The number of nitrogens with zero attached hydrogens (tertiary/aromatic N) is 1. The van der Waals surface area contributed by atoms with Gasteiger partial charge in [-0.05, 0) is 19.8 Å². The average molecular weight is 194 g/mol. The second kappa shape index (κ2) is 8.85. The lowest BCUT2D eigenvalue weighted by atomic mass is 10.1. The van der Waals surface area contributed by atoms with Crippen LogP contribution in [0.15, 0.2) is 11.8 Å². The van der Waals surface area contributed by atoms with Crippen LogP contribution in [0.4, 0.5) is 0 Å². The van der Waals surface area contributed by atoms with E-state index in [1.54, 1.807) is 0 Å². The minimum absolute atomic E-state index is 0. The van der Waals surface area contributed by atoms with Gasteiger partial charge in [-0.1, -0.05) is 26.3 Å². The molecule has 2 nitrogen and oxygen atoms in total. The highest BCUT2D eigenvalue weighted by Gasteiger charge is 2.15. The summed E-state index contributed by atoms with van der Waals surface area (Å²) < 4.78 is 0. The van der Waals surface area contributed by atoms with Gasteiger partial charge in [0.15, 0.2) is 0 Å². The molecule has 1 amide bonds. The SMILES string of the molecule is CC.CCC1=CN(CC)C(=O)CC1.[B]. The maximum atomic E-state index is 11.2. The van der Waals surface area contributed by atoms with Crippen LogP contribution in [0.3, 0.4) is 0 Å². The van der Waals surface area contributed by atoms with Crippen LogP contribution in [0.5, 0.6) is 0 Å². The topological polar surface area (TPSA) is 20.3 Å². The van der Waals surface area contributed by atoms with Crippen LogP contribution in [-0.2, 0) is 4.79 Å². The molecule has 1 aliphatic heterocycles. The summed E-state index contributed by atoms with van der Waals surface area (Å²) in [5.41, 5.74) is 1.39. The van der Waals surface area contributed by atoms with Crippen molar-refractivity contribution in [3.05, 3.63) is 11.8 Å². The lowest BCUT2D eigenvalue weighted by molar-refractivity contribution is -0.129. The normalized spacial score (nSPS) is 15.0. The van der Waals surface area contributed by atoms with Crippen LogP contribution in [-0.4, -0.2) is 25.8 Å². The number of amides is 1. The van der Waals surface area contributed by atoms with E-state index in [4.69, 9.17) is 0 Å². The van der Waals surface area contributed by atoms with Crippen molar-refractivity contribution in [2.24, 2.45) is 0 Å². The molecule has 79 valence electrons. The molecule has 0 aromatic heterocycles. The molecule has 0 unspecified atom stereocenters. The molecule has 1 aliphatic rings. The van der Waals surface area contributed by atoms with Crippen molar-refractivity contribution in [2.75, 3.05) is 6.54 Å². The first-order chi connectivity index (χ1) is 6.27. The van der Waals surface area contributed by atoms with Gasteiger partial charge in [0.25, 0.3) is 0 Å². The molecule has 0 bridgehead atoms. The van der Waals surface area contributed by atoms with E-state index in [0.717, 1.165) is 19.4 Å². The Morgan fingerprint density at radius 3 is 2.29 bits per heavy atom. The Bertz CT molecular complexity index is 190. The number of hydrogen-bond acceptors (Lipinski definition) is 1. The van der Waals surface area contributed by atoms with Gasteiger partial charge in [0.2, 0.25) is 5.91 Å². The van der Waals surface area contributed by atoms with Gasteiger partial charge in [0.05, 0.1) is 0 Å². The smallest absolute Gasteiger partial charge is 0.226 e. The first-order valence-corrected chi connectivity index (χ1v) is 5.27. The highest BCUT2D eigenvalue weighted by atomic mass is 16.2. The molecule has 0 aromatic rings. The predicted octanol–water partition coefficient (Wildman–Crippen LogP) is 2.57. The molecule has 3 heteroatoms. The molecule has 0 atom stereocenters. The van der Waals surface area contributed by atoms with Crippen molar-refractivity contribution in [3.8, 4) is 0 Å². The molecule has 0 fully saturated rings. The molecular weight excluding hydrogens is 173 g/mol. The van der Waals surface area contributed by atoms with Gasteiger partial charge in [0.1, 0.15) is 0 Å². The number of allylic oxidation sites excluding steroid dienone is 1. The van der Waals surface area contributed by atoms with E-state index in [9.17, 15) is 4.79 Å². The summed E-state index contributed by atoms with van der Waals surface area (Å²) in [6, 6.07) is 0. The lowest BCUT2D eigenvalue weighted by Crippen LogP contribution is -2.28. The van der Waals surface area contributed by atoms with E-state index in [1.165, 1.54) is 5.57 Å². The Morgan fingerprint density at radius 1 is 1.29 bits per heavy atom. The van der Waals surface area contributed by atoms with Crippen molar-refractivity contribution in [1.29, 1.82) is 0 Å². The van der Waals surface area contributed by atoms with Gasteiger partial charge in [-0.2, -0.15) is 0 Å². The van der Waals surface area contributed by atoms with Gasteiger partial charge in [-0.3, -0.25) is 4.79 Å². The van der Waals surface area contributed by atoms with Crippen LogP contribution < -0.4 is 0 Å². The maximum Gasteiger partial charge on any atom is 0.226 e. The van der Waals surface area contributed by atoms with Crippen molar-refractivity contribution in [2.45, 2.75) is 47.0 Å². The molecular formula is C11H21BNO. The Labute approximate surface area is 89.9 Å². The number of carbonyl (C=O) groups excluding carboxylic acids is 1. The summed E-state index contributed by atoms with van der Waals surface area (Å²) in [4.78, 5) is 13.0. The van der Waals surface area contributed by atoms with Crippen LogP contribution >= 0.6 is 0 Å². The van der Waals surface area contributed by atoms with Gasteiger partial charge < -0.3 is 4.90 Å². The van der Waals surface area contributed by atoms with Crippen LogP contribution in [0.25, 0.3) is 0 Å². The number of carbonyl (C=O) groups is 1. The summed E-state index contributed by atoms with van der Waals surface area (Å²) in [5, 5.41) is 0. The van der Waals surface area contributed by atoms with Crippen molar-refractivity contribution in [1.82, 2.24) is 4.90 Å². The van der Waals surface area contributed by atoms with E-state index in [2.05, 4.69) is 6.92 Å². The summed E-state index contributed by atoms with van der Waals surface area (Å²) in [6.07, 6.45) is 4.74. The maximum absolute atomic E-state index is 11.2. The first-order valence-electron chi connectivity index (χ1n) is 5.27. The zero-order chi connectivity index (χ0) is 10.3. The van der Waals surface area contributed by atoms with Crippen LogP contribution in [0, 0.1) is 0 Å². The van der Waals surface area contributed by atoms with Gasteiger partial charge in [0, 0.05) is 27.6 Å². The quantitative estimate of drug-likeness (QED) is 0.618. The fraction of sp³-hybridized carbons (Fsp3) is 0.727. The molecule has 0 N–H and O–H groups in total. The van der Waals surface area contributed by atoms with Gasteiger partial charge >= 0.3 is 0 Å². The molecule has 14 heavy (non-hydrogen) atoms. The minimum atomic E-state index is 0. The second-order valence-corrected chi connectivity index (χ2v) is 2.82. The van der Waals surface area contributed by atoms with Crippen molar-refractivity contribution >= 4 is 14.3 Å². The Morgan fingerprint density at radius 2 is 1.86 bits per heavy atom. The van der Waals surface area contributed by atoms with Gasteiger partial charge in [-0.15, -0.1) is 0 Å². The number of hydrogen-bond donors (Lipinski definition) is 0. The van der Waals surface area contributed by atoms with Crippen molar-refractivity contribution in [3.63, 3.8) is 0 Å². The Kier molecular flexibility index (Phi) is 9.95. The molecule has 1 rings (SSSR count). The predicted molar refractivity (Wildman–Crippen MR) is 62.1 cm³/mol. The van der Waals surface area contributed by atoms with E-state index in [1.807, 2.05) is 31.9 Å². The third-order valence-corrected chi connectivity index (χ3v) is 2.11. The zero-order valence-electron chi connectivity index (χ0n) is 9.84. The van der Waals surface area contributed by atoms with Crippen molar-refractivity contribution < 1.29 is 4.79 Å². The highest BCUT2D eigenvalue weighted by molar-refractivity contribution is 5.78. The zero-order valence-corrected chi connectivity index (χ0v) is 9.84. The molecule has 3 radical (unpaired) electrons. The largest absolute Gasteiger partial charge is 0.319 e. The monoisotopic (exact) mass is 194 g/mol. The summed E-state index contributed by atoms with van der Waals surface area (Å²) in [5.74, 6) is 0.268. The number of rotatable bonds is 2. The van der Waals surface area contributed by atoms with E-state index in [0.29, 0.717) is 6.42 Å². The standard InChI is InChI=1S/C9H15NO.C2H6.B/c1-3-8-5-6-9(11)10(4-2)7-8;1-2;/h7H,3-6H2,1-2H3;1-2H3;. The fourth-order valence-electron chi connectivity index (χ4n) is 1.30. The molecule has 0 aliphatic carbocycles. The van der Waals surface area contributed by atoms with E-state index >= 15 is 0 Å². The Hall–Kier alpha value is -0.725. The Balaban J connectivity index is 0. The lowest BCUT2D eigenvalue weighted by Gasteiger charge is -2.22. The molecule has 0 spiro atoms. The van der Waals surface area contributed by atoms with Crippen LogP contribution in [0.2, 0.25) is 0 Å². The van der Waals surface area contributed by atoms with E-state index < -0.39 is 0 Å². The summed E-state index contributed by atoms with van der Waals surface area (Å²) >= 11 is 0. The van der Waals surface area contributed by atoms with Gasteiger partial charge in [-0.25, -0.2) is 0 Å². The summed E-state index contributed by atoms with van der Waals surface area (Å²) in [7, 11) is 0. The molecule has 1 heterocycles. The van der Waals surface area contributed by atoms with E-state index in [-0.39, 0.29) is 14.3 Å². The third-order valence-electron chi connectivity index (χ3n) is 2.11. The molecule has 0 aromatic carbocycles. The first kappa shape index (κ1) is 15.7. The molecule has 0 saturated heterocycles. The second-order valence-electron chi connectivity index (χ2n) is 2.82. The van der Waals surface area contributed by atoms with Crippen LogP contribution in [0.1, 0.15) is 47.0 Å². The fourth-order valence-corrected chi connectivity index (χ4v) is 1.30. The molecule has 0 saturated carbocycles. The average Bonchev–Trinajstić information content (AvgIpc) is 2.22. The summed E-state index contributed by atoms with van der Waals surface area (Å²) in [6.45, 7) is 8.95. The third kappa shape index (κ3) is 4.49.